The third-order valence-corrected chi connectivity index (χ3v) is 3.75. The molecule has 1 nitrogen and oxygen atoms in total. The van der Waals surface area contributed by atoms with Crippen LogP contribution < -0.4 is 0 Å². The maximum atomic E-state index is 5.67. The summed E-state index contributed by atoms with van der Waals surface area (Å²) in [5.74, 6) is 2.58. The van der Waals surface area contributed by atoms with Gasteiger partial charge in [-0.2, -0.15) is 0 Å². The topological polar surface area (TPSA) is 9.23 Å². The number of ether oxygens (including phenoxy) is 1. The zero-order valence-electron chi connectivity index (χ0n) is 8.83. The molecule has 0 spiro atoms. The summed E-state index contributed by atoms with van der Waals surface area (Å²) >= 11 is 0. The summed E-state index contributed by atoms with van der Waals surface area (Å²) in [5.41, 5.74) is 0. The molecule has 2 saturated carbocycles. The van der Waals surface area contributed by atoms with Crippen LogP contribution in [-0.4, -0.2) is 13.2 Å². The van der Waals surface area contributed by atoms with Crippen LogP contribution in [0.3, 0.4) is 0 Å². The van der Waals surface area contributed by atoms with E-state index in [-0.39, 0.29) is 0 Å². The van der Waals surface area contributed by atoms with Crippen LogP contribution in [0, 0.1) is 24.2 Å². The standard InChI is InChI=1S/C12H21O/c1-9-5-3-4-6-11(9)12(13-2)10-7-8-10/h3,9-12H,4-8H2,1-2H3. The van der Waals surface area contributed by atoms with E-state index in [1.54, 1.807) is 0 Å². The second-order valence-corrected chi connectivity index (χ2v) is 4.78. The fourth-order valence-electron chi connectivity index (χ4n) is 2.78. The predicted molar refractivity (Wildman–Crippen MR) is 54.3 cm³/mol. The first-order valence-electron chi connectivity index (χ1n) is 5.67. The van der Waals surface area contributed by atoms with Gasteiger partial charge in [-0.3, -0.25) is 0 Å². The first kappa shape index (κ1) is 9.51. The number of rotatable bonds is 3. The quantitative estimate of drug-likeness (QED) is 0.650. The highest BCUT2D eigenvalue weighted by Gasteiger charge is 2.39. The lowest BCUT2D eigenvalue weighted by Gasteiger charge is -2.34. The maximum Gasteiger partial charge on any atom is 0.0630 e. The van der Waals surface area contributed by atoms with Crippen LogP contribution in [0.15, 0.2) is 0 Å². The van der Waals surface area contributed by atoms with Gasteiger partial charge in [0.25, 0.3) is 0 Å². The molecule has 75 valence electrons. The highest BCUT2D eigenvalue weighted by atomic mass is 16.5. The summed E-state index contributed by atoms with van der Waals surface area (Å²) in [6, 6.07) is 0. The van der Waals surface area contributed by atoms with Crippen LogP contribution in [0.1, 0.15) is 39.0 Å². The monoisotopic (exact) mass is 181 g/mol. The van der Waals surface area contributed by atoms with Crippen molar-refractivity contribution < 1.29 is 4.74 Å². The smallest absolute Gasteiger partial charge is 0.0630 e. The maximum absolute atomic E-state index is 5.67. The SMILES string of the molecule is COC(C1CC1)C1CC[CH]CC1C. The van der Waals surface area contributed by atoms with E-state index in [9.17, 15) is 0 Å². The molecule has 0 aromatic carbocycles. The van der Waals surface area contributed by atoms with Gasteiger partial charge in [0.05, 0.1) is 6.10 Å². The highest BCUT2D eigenvalue weighted by molar-refractivity contribution is 4.92. The third-order valence-electron chi connectivity index (χ3n) is 3.75. The highest BCUT2D eigenvalue weighted by Crippen LogP contribution is 2.43. The molecule has 0 aliphatic heterocycles. The molecule has 2 aliphatic carbocycles. The summed E-state index contributed by atoms with van der Waals surface area (Å²) in [7, 11) is 1.90. The molecule has 2 rings (SSSR count). The molecule has 1 heteroatoms. The Labute approximate surface area is 81.9 Å². The minimum atomic E-state index is 0.573. The molecule has 3 unspecified atom stereocenters. The largest absolute Gasteiger partial charge is 0.381 e. The second kappa shape index (κ2) is 4.00. The summed E-state index contributed by atoms with van der Waals surface area (Å²) in [5, 5.41) is 0. The molecule has 0 amide bonds. The molecule has 13 heavy (non-hydrogen) atoms. The Kier molecular flexibility index (Phi) is 2.92. The first-order valence-corrected chi connectivity index (χ1v) is 5.67. The van der Waals surface area contributed by atoms with Gasteiger partial charge < -0.3 is 4.74 Å². The zero-order valence-corrected chi connectivity index (χ0v) is 8.83. The van der Waals surface area contributed by atoms with Gasteiger partial charge >= 0.3 is 0 Å². The number of methoxy groups -OCH3 is 1. The van der Waals surface area contributed by atoms with Crippen molar-refractivity contribution in [2.24, 2.45) is 17.8 Å². The minimum absolute atomic E-state index is 0.573. The van der Waals surface area contributed by atoms with Gasteiger partial charge in [-0.25, -0.2) is 0 Å². The van der Waals surface area contributed by atoms with Crippen LogP contribution in [0.2, 0.25) is 0 Å². The summed E-state index contributed by atoms with van der Waals surface area (Å²) in [6.07, 6.45) is 9.80. The predicted octanol–water partition coefficient (Wildman–Crippen LogP) is 3.05. The third kappa shape index (κ3) is 2.07. The molecular weight excluding hydrogens is 160 g/mol. The molecule has 0 heterocycles. The van der Waals surface area contributed by atoms with Crippen molar-refractivity contribution in [2.45, 2.75) is 45.1 Å². The first-order chi connectivity index (χ1) is 6.33. The van der Waals surface area contributed by atoms with Crippen molar-refractivity contribution in [2.75, 3.05) is 7.11 Å². The van der Waals surface area contributed by atoms with Crippen molar-refractivity contribution in [1.29, 1.82) is 0 Å². The molecule has 0 aromatic heterocycles. The van der Waals surface area contributed by atoms with Crippen LogP contribution >= 0.6 is 0 Å². The van der Waals surface area contributed by atoms with E-state index in [0.29, 0.717) is 6.10 Å². The summed E-state index contributed by atoms with van der Waals surface area (Å²) < 4.78 is 5.67. The summed E-state index contributed by atoms with van der Waals surface area (Å²) in [6.45, 7) is 2.38. The second-order valence-electron chi connectivity index (χ2n) is 4.78. The van der Waals surface area contributed by atoms with Crippen LogP contribution in [0.5, 0.6) is 0 Å². The molecule has 0 bridgehead atoms. The Morgan fingerprint density at radius 3 is 2.62 bits per heavy atom. The van der Waals surface area contributed by atoms with Crippen LogP contribution in [0.25, 0.3) is 0 Å². The molecule has 0 aromatic rings. The molecule has 2 aliphatic rings. The van der Waals surface area contributed by atoms with Crippen molar-refractivity contribution >= 4 is 0 Å². The average molecular weight is 181 g/mol. The van der Waals surface area contributed by atoms with Crippen molar-refractivity contribution in [3.63, 3.8) is 0 Å². The Bertz CT molecular complexity index is 163. The van der Waals surface area contributed by atoms with E-state index in [1.807, 2.05) is 7.11 Å². The van der Waals surface area contributed by atoms with E-state index in [4.69, 9.17) is 4.74 Å². The number of hydrogen-bond donors (Lipinski definition) is 0. The molecule has 3 atom stereocenters. The van der Waals surface area contributed by atoms with E-state index in [2.05, 4.69) is 13.3 Å². The van der Waals surface area contributed by atoms with E-state index < -0.39 is 0 Å². The summed E-state index contributed by atoms with van der Waals surface area (Å²) in [4.78, 5) is 0. The Balaban J connectivity index is 1.94. The average Bonchev–Trinajstić information content (AvgIpc) is 2.93. The Hall–Kier alpha value is -0.0400. The van der Waals surface area contributed by atoms with Crippen molar-refractivity contribution in [3.8, 4) is 0 Å². The van der Waals surface area contributed by atoms with Crippen molar-refractivity contribution in [1.82, 2.24) is 0 Å². The molecule has 1 radical (unpaired) electrons. The Morgan fingerprint density at radius 2 is 2.08 bits per heavy atom. The van der Waals surface area contributed by atoms with Gasteiger partial charge in [-0.05, 0) is 56.3 Å². The molecular formula is C12H21O. The van der Waals surface area contributed by atoms with Crippen molar-refractivity contribution in [3.05, 3.63) is 6.42 Å². The fourth-order valence-corrected chi connectivity index (χ4v) is 2.78. The van der Waals surface area contributed by atoms with Gasteiger partial charge in [0.1, 0.15) is 0 Å². The van der Waals surface area contributed by atoms with Crippen LogP contribution in [0.4, 0.5) is 0 Å². The van der Waals surface area contributed by atoms with Gasteiger partial charge in [0, 0.05) is 7.11 Å². The van der Waals surface area contributed by atoms with Gasteiger partial charge in [0.2, 0.25) is 0 Å². The zero-order chi connectivity index (χ0) is 9.26. The van der Waals surface area contributed by atoms with Gasteiger partial charge in [-0.1, -0.05) is 6.92 Å². The lowest BCUT2D eigenvalue weighted by atomic mass is 9.76. The fraction of sp³-hybridized carbons (Fsp3) is 0.917. The van der Waals surface area contributed by atoms with E-state index >= 15 is 0 Å². The van der Waals surface area contributed by atoms with Gasteiger partial charge in [0.15, 0.2) is 0 Å². The normalized spacial score (nSPS) is 37.4. The molecule has 0 N–H and O–H groups in total. The van der Waals surface area contributed by atoms with E-state index in [1.165, 1.54) is 32.1 Å². The van der Waals surface area contributed by atoms with E-state index in [0.717, 1.165) is 17.8 Å². The lowest BCUT2D eigenvalue weighted by molar-refractivity contribution is 0.00445. The lowest BCUT2D eigenvalue weighted by Crippen LogP contribution is -2.32. The molecule has 0 saturated heterocycles. The number of hydrogen-bond acceptors (Lipinski definition) is 1. The molecule has 2 fully saturated rings. The minimum Gasteiger partial charge on any atom is -0.381 e. The Morgan fingerprint density at radius 1 is 1.31 bits per heavy atom. The van der Waals surface area contributed by atoms with Gasteiger partial charge in [-0.15, -0.1) is 0 Å². The van der Waals surface area contributed by atoms with Crippen LogP contribution in [-0.2, 0) is 4.74 Å².